The number of benzene rings is 3. The van der Waals surface area contributed by atoms with Crippen LogP contribution in [0.5, 0.6) is 5.75 Å². The number of carbonyl (C=O) groups excluding carboxylic acids is 1. The van der Waals surface area contributed by atoms with Crippen molar-refractivity contribution in [3.05, 3.63) is 89.5 Å². The van der Waals surface area contributed by atoms with Crippen LogP contribution in [0.15, 0.2) is 72.8 Å². The lowest BCUT2D eigenvalue weighted by Gasteiger charge is -2.31. The topological polar surface area (TPSA) is 75.6 Å². The van der Waals surface area contributed by atoms with Crippen molar-refractivity contribution in [2.45, 2.75) is 50.6 Å². The zero-order valence-corrected chi connectivity index (χ0v) is 21.5. The molecule has 3 aromatic rings. The molecule has 0 heterocycles. The zero-order chi connectivity index (χ0) is 27.8. The lowest BCUT2D eigenvalue weighted by atomic mass is 9.77. The van der Waals surface area contributed by atoms with Gasteiger partial charge in [-0.15, -0.1) is 0 Å². The van der Waals surface area contributed by atoms with E-state index in [1.807, 2.05) is 12.1 Å². The average Bonchev–Trinajstić information content (AvgIpc) is 2.94. The molecule has 3 aromatic carbocycles. The second-order valence-corrected chi connectivity index (χ2v) is 9.90. The number of carboxylic acids is 1. The molecule has 39 heavy (non-hydrogen) atoms. The molecular formula is C31H32F3NO4. The normalized spacial score (nSPS) is 14.9. The molecule has 1 aliphatic rings. The minimum atomic E-state index is -4.43. The number of rotatable bonds is 10. The summed E-state index contributed by atoms with van der Waals surface area (Å²) in [7, 11) is 0. The molecule has 0 bridgehead atoms. The summed E-state index contributed by atoms with van der Waals surface area (Å²) in [6.07, 6.45) is 1.05. The Morgan fingerprint density at radius 3 is 2.23 bits per heavy atom. The van der Waals surface area contributed by atoms with Crippen molar-refractivity contribution in [2.24, 2.45) is 5.92 Å². The van der Waals surface area contributed by atoms with E-state index >= 15 is 0 Å². The molecule has 206 valence electrons. The van der Waals surface area contributed by atoms with Gasteiger partial charge >= 0.3 is 12.1 Å². The van der Waals surface area contributed by atoms with Gasteiger partial charge in [-0.25, -0.2) is 0 Å². The Balaban J connectivity index is 1.47. The first kappa shape index (κ1) is 28.2. The molecule has 1 aliphatic carbocycles. The van der Waals surface area contributed by atoms with Crippen LogP contribution in [0.3, 0.4) is 0 Å². The SMILES string of the molecule is O=C(O)CCNC(=O)c1ccc(OCC(c2ccc(-c3ccccc3C(F)(F)F)cc2)C2CCCCC2)cc1. The summed E-state index contributed by atoms with van der Waals surface area (Å²) in [6.45, 7) is 0.462. The van der Waals surface area contributed by atoms with Crippen LogP contribution in [0.4, 0.5) is 13.2 Å². The minimum Gasteiger partial charge on any atom is -0.493 e. The molecular weight excluding hydrogens is 507 g/mol. The number of amides is 1. The second-order valence-electron chi connectivity index (χ2n) is 9.90. The molecule has 0 saturated heterocycles. The first-order chi connectivity index (χ1) is 18.7. The molecule has 2 N–H and O–H groups in total. The van der Waals surface area contributed by atoms with Crippen LogP contribution in [0.25, 0.3) is 11.1 Å². The van der Waals surface area contributed by atoms with Crippen molar-refractivity contribution in [1.82, 2.24) is 5.32 Å². The molecule has 1 fully saturated rings. The van der Waals surface area contributed by atoms with E-state index in [4.69, 9.17) is 9.84 Å². The quantitative estimate of drug-likeness (QED) is 0.283. The molecule has 0 radical (unpaired) electrons. The third-order valence-corrected chi connectivity index (χ3v) is 7.27. The summed E-state index contributed by atoms with van der Waals surface area (Å²) in [5.41, 5.74) is 1.47. The van der Waals surface area contributed by atoms with Crippen molar-refractivity contribution in [3.8, 4) is 16.9 Å². The molecule has 1 atom stereocenters. The first-order valence-electron chi connectivity index (χ1n) is 13.2. The van der Waals surface area contributed by atoms with Crippen LogP contribution < -0.4 is 10.1 Å². The van der Waals surface area contributed by atoms with Gasteiger partial charge in [0.2, 0.25) is 0 Å². The van der Waals surface area contributed by atoms with Gasteiger partial charge in [0.15, 0.2) is 0 Å². The van der Waals surface area contributed by atoms with Crippen molar-refractivity contribution in [1.29, 1.82) is 0 Å². The Morgan fingerprint density at radius 1 is 0.923 bits per heavy atom. The van der Waals surface area contributed by atoms with Crippen molar-refractivity contribution in [2.75, 3.05) is 13.2 Å². The number of nitrogens with one attached hydrogen (secondary N) is 1. The van der Waals surface area contributed by atoms with Gasteiger partial charge in [0.25, 0.3) is 5.91 Å². The van der Waals surface area contributed by atoms with Gasteiger partial charge in [-0.2, -0.15) is 13.2 Å². The molecule has 0 aliphatic heterocycles. The Hall–Kier alpha value is -3.81. The van der Waals surface area contributed by atoms with Crippen molar-refractivity contribution >= 4 is 11.9 Å². The Morgan fingerprint density at radius 2 is 1.59 bits per heavy atom. The minimum absolute atomic E-state index is 0.0517. The number of halogens is 3. The molecule has 4 rings (SSSR count). The summed E-state index contributed by atoms with van der Waals surface area (Å²) in [5, 5.41) is 11.3. The highest BCUT2D eigenvalue weighted by atomic mass is 19.4. The standard InChI is InChI=1S/C31H32F3NO4/c32-31(33,34)28-9-5-4-8-26(28)22-10-12-23(13-11-22)27(21-6-2-1-3-7-21)20-39-25-16-14-24(15-17-25)30(38)35-19-18-29(36)37/h4-5,8-17,21,27H,1-3,6-7,18-20H2,(H,35,38)(H,36,37). The van der Waals surface area contributed by atoms with Gasteiger partial charge < -0.3 is 15.2 Å². The van der Waals surface area contributed by atoms with Crippen molar-refractivity contribution in [3.63, 3.8) is 0 Å². The Labute approximate surface area is 226 Å². The lowest BCUT2D eigenvalue weighted by Crippen LogP contribution is -2.26. The van der Waals surface area contributed by atoms with Crippen LogP contribution in [0.1, 0.15) is 65.9 Å². The molecule has 0 aromatic heterocycles. The van der Waals surface area contributed by atoms with E-state index in [1.54, 1.807) is 42.5 Å². The van der Waals surface area contributed by atoms with Gasteiger partial charge in [-0.3, -0.25) is 9.59 Å². The highest BCUT2D eigenvalue weighted by Gasteiger charge is 2.33. The molecule has 8 heteroatoms. The molecule has 1 unspecified atom stereocenters. The summed E-state index contributed by atoms with van der Waals surface area (Å²) in [6, 6.07) is 19.6. The Bertz CT molecular complexity index is 1250. The molecule has 1 amide bonds. The van der Waals surface area contributed by atoms with Crippen LogP contribution in [-0.2, 0) is 11.0 Å². The molecule has 0 spiro atoms. The van der Waals surface area contributed by atoms with E-state index in [2.05, 4.69) is 5.32 Å². The Kier molecular flexibility index (Phi) is 9.28. The lowest BCUT2D eigenvalue weighted by molar-refractivity contribution is -0.137. The molecule has 5 nitrogen and oxygen atoms in total. The first-order valence-corrected chi connectivity index (χ1v) is 13.2. The second kappa shape index (κ2) is 12.8. The average molecular weight is 540 g/mol. The van der Waals surface area contributed by atoms with Gasteiger partial charge in [-0.05, 0) is 65.8 Å². The van der Waals surface area contributed by atoms with E-state index in [-0.39, 0.29) is 30.4 Å². The van der Waals surface area contributed by atoms with E-state index < -0.39 is 17.7 Å². The number of alkyl halides is 3. The highest BCUT2D eigenvalue weighted by molar-refractivity contribution is 5.94. The third-order valence-electron chi connectivity index (χ3n) is 7.27. The maximum atomic E-state index is 13.5. The maximum absolute atomic E-state index is 13.5. The third kappa shape index (κ3) is 7.62. The largest absolute Gasteiger partial charge is 0.493 e. The zero-order valence-electron chi connectivity index (χ0n) is 21.5. The number of carboxylic acid groups (broad SMARTS) is 1. The number of ether oxygens (including phenoxy) is 1. The van der Waals surface area contributed by atoms with Crippen LogP contribution >= 0.6 is 0 Å². The maximum Gasteiger partial charge on any atom is 0.417 e. The fourth-order valence-corrected chi connectivity index (χ4v) is 5.21. The number of carbonyl (C=O) groups is 2. The van der Waals surface area contributed by atoms with Gasteiger partial charge in [0.05, 0.1) is 18.6 Å². The van der Waals surface area contributed by atoms with Crippen LogP contribution in [0.2, 0.25) is 0 Å². The van der Waals surface area contributed by atoms with E-state index in [9.17, 15) is 22.8 Å². The van der Waals surface area contributed by atoms with Gasteiger partial charge in [0, 0.05) is 18.0 Å². The highest BCUT2D eigenvalue weighted by Crippen LogP contribution is 2.39. The van der Waals surface area contributed by atoms with Crippen molar-refractivity contribution < 1.29 is 32.6 Å². The van der Waals surface area contributed by atoms with Gasteiger partial charge in [-0.1, -0.05) is 61.7 Å². The fraction of sp³-hybridized carbons (Fsp3) is 0.355. The van der Waals surface area contributed by atoms with Crippen LogP contribution in [-0.4, -0.2) is 30.1 Å². The van der Waals surface area contributed by atoms with Crippen LogP contribution in [0, 0.1) is 5.92 Å². The number of hydrogen-bond acceptors (Lipinski definition) is 3. The molecule has 1 saturated carbocycles. The van der Waals surface area contributed by atoms with E-state index in [0.717, 1.165) is 37.3 Å². The summed E-state index contributed by atoms with van der Waals surface area (Å²) in [4.78, 5) is 22.8. The predicted octanol–water partition coefficient (Wildman–Crippen LogP) is 7.32. The monoisotopic (exact) mass is 539 g/mol. The number of hydrogen-bond donors (Lipinski definition) is 2. The fourth-order valence-electron chi connectivity index (χ4n) is 5.21. The predicted molar refractivity (Wildman–Crippen MR) is 143 cm³/mol. The van der Waals surface area contributed by atoms with Gasteiger partial charge in [0.1, 0.15) is 5.75 Å². The summed E-state index contributed by atoms with van der Waals surface area (Å²) >= 11 is 0. The smallest absolute Gasteiger partial charge is 0.417 e. The summed E-state index contributed by atoms with van der Waals surface area (Å²) < 4.78 is 46.8. The van der Waals surface area contributed by atoms with E-state index in [0.29, 0.717) is 29.4 Å². The van der Waals surface area contributed by atoms with E-state index in [1.165, 1.54) is 18.6 Å². The number of aliphatic carboxylic acids is 1. The summed E-state index contributed by atoms with van der Waals surface area (Å²) in [5.74, 6) is -0.237.